The van der Waals surface area contributed by atoms with Gasteiger partial charge in [-0.25, -0.2) is 9.59 Å². The van der Waals surface area contributed by atoms with E-state index in [9.17, 15) is 14.4 Å². The van der Waals surface area contributed by atoms with E-state index in [1.165, 1.54) is 6.07 Å². The Labute approximate surface area is 177 Å². The molecule has 1 N–H and O–H groups in total. The number of amides is 1. The van der Waals surface area contributed by atoms with Crippen LogP contribution in [0.1, 0.15) is 56.7 Å². The van der Waals surface area contributed by atoms with E-state index in [4.69, 9.17) is 25.8 Å². The summed E-state index contributed by atoms with van der Waals surface area (Å²) in [7, 11) is 0. The smallest absolute Gasteiger partial charge is 0.348 e. The summed E-state index contributed by atoms with van der Waals surface area (Å²) < 4.78 is 15.5. The highest BCUT2D eigenvalue weighted by Crippen LogP contribution is 2.35. The van der Waals surface area contributed by atoms with Crippen molar-refractivity contribution < 1.29 is 28.6 Å². The Morgan fingerprint density at radius 2 is 1.69 bits per heavy atom. The molecule has 156 valence electrons. The van der Waals surface area contributed by atoms with Gasteiger partial charge in [0.1, 0.15) is 15.6 Å². The molecule has 7 nitrogen and oxygen atoms in total. The molecule has 9 heteroatoms. The molecule has 0 unspecified atom stereocenters. The number of hydrogen-bond acceptors (Lipinski definition) is 7. The van der Waals surface area contributed by atoms with Gasteiger partial charge in [-0.1, -0.05) is 11.6 Å². The molecule has 0 radical (unpaired) electrons. The number of nitrogens with one attached hydrogen (secondary N) is 1. The van der Waals surface area contributed by atoms with Crippen molar-refractivity contribution in [3.63, 3.8) is 0 Å². The summed E-state index contributed by atoms with van der Waals surface area (Å²) in [6.45, 7) is 7.59. The van der Waals surface area contributed by atoms with Gasteiger partial charge in [0, 0.05) is 5.56 Å². The van der Waals surface area contributed by atoms with Crippen LogP contribution >= 0.6 is 22.9 Å². The average Bonchev–Trinajstić information content (AvgIpc) is 3.00. The van der Waals surface area contributed by atoms with Gasteiger partial charge in [-0.3, -0.25) is 4.79 Å². The van der Waals surface area contributed by atoms with Crippen LogP contribution < -0.4 is 10.1 Å². The fourth-order valence-electron chi connectivity index (χ4n) is 2.53. The zero-order valence-corrected chi connectivity index (χ0v) is 18.2. The molecule has 1 amide bonds. The number of carbonyl (C=O) groups is 3. The Morgan fingerprint density at radius 1 is 1.03 bits per heavy atom. The van der Waals surface area contributed by atoms with Gasteiger partial charge in [0.25, 0.3) is 5.91 Å². The second kappa shape index (κ2) is 10.3. The molecule has 0 fully saturated rings. The first-order valence-corrected chi connectivity index (χ1v) is 10.2. The number of thiophene rings is 1. The molecule has 0 saturated carbocycles. The Bertz CT molecular complexity index is 924. The molecular formula is C20H22ClNO6S. The standard InChI is InChI=1S/C20H22ClNO6S/c1-5-26-14-9-8-12(10-13(14)21)17(23)22-18-15(19(24)27-6-2)11(4)16(29-18)20(25)28-7-3/h8-10H,5-7H2,1-4H3,(H,22,23). The van der Waals surface area contributed by atoms with Crippen molar-refractivity contribution in [2.45, 2.75) is 27.7 Å². The average molecular weight is 440 g/mol. The lowest BCUT2D eigenvalue weighted by Crippen LogP contribution is -2.15. The minimum atomic E-state index is -0.628. The van der Waals surface area contributed by atoms with Crippen LogP contribution in [0.5, 0.6) is 5.75 Å². The summed E-state index contributed by atoms with van der Waals surface area (Å²) in [6, 6.07) is 4.62. The van der Waals surface area contributed by atoms with Crippen LogP contribution in [-0.4, -0.2) is 37.7 Å². The van der Waals surface area contributed by atoms with Crippen LogP contribution in [0.15, 0.2) is 18.2 Å². The van der Waals surface area contributed by atoms with Crippen molar-refractivity contribution in [2.75, 3.05) is 25.1 Å². The molecule has 0 aliphatic heterocycles. The molecule has 1 aromatic heterocycles. The number of carbonyl (C=O) groups excluding carboxylic acids is 3. The summed E-state index contributed by atoms with van der Waals surface area (Å²) in [5.74, 6) is -1.21. The van der Waals surface area contributed by atoms with E-state index >= 15 is 0 Å². The monoisotopic (exact) mass is 439 g/mol. The van der Waals surface area contributed by atoms with E-state index < -0.39 is 17.8 Å². The predicted molar refractivity (Wildman–Crippen MR) is 112 cm³/mol. The lowest BCUT2D eigenvalue weighted by molar-refractivity contribution is 0.0527. The fraction of sp³-hybridized carbons (Fsp3) is 0.350. The zero-order chi connectivity index (χ0) is 21.6. The molecule has 0 bridgehead atoms. The molecule has 0 aliphatic carbocycles. The highest BCUT2D eigenvalue weighted by molar-refractivity contribution is 7.18. The van der Waals surface area contributed by atoms with Crippen LogP contribution in [0.3, 0.4) is 0 Å². The lowest BCUT2D eigenvalue weighted by Gasteiger charge is -2.09. The van der Waals surface area contributed by atoms with Crippen molar-refractivity contribution in [3.05, 3.63) is 44.8 Å². The number of benzene rings is 1. The van der Waals surface area contributed by atoms with Crippen LogP contribution in [0.2, 0.25) is 5.02 Å². The first-order chi connectivity index (χ1) is 13.8. The highest BCUT2D eigenvalue weighted by Gasteiger charge is 2.27. The second-order valence-corrected chi connectivity index (χ2v) is 7.16. The summed E-state index contributed by atoms with van der Waals surface area (Å²) in [4.78, 5) is 37.6. The van der Waals surface area contributed by atoms with E-state index in [1.54, 1.807) is 32.9 Å². The van der Waals surface area contributed by atoms with E-state index in [0.29, 0.717) is 22.9 Å². The third-order valence-electron chi connectivity index (χ3n) is 3.81. The van der Waals surface area contributed by atoms with E-state index in [2.05, 4.69) is 5.32 Å². The van der Waals surface area contributed by atoms with Crippen LogP contribution in [0.25, 0.3) is 0 Å². The number of anilines is 1. The highest BCUT2D eigenvalue weighted by atomic mass is 35.5. The van der Waals surface area contributed by atoms with E-state index in [0.717, 1.165) is 11.3 Å². The van der Waals surface area contributed by atoms with Gasteiger partial charge < -0.3 is 19.5 Å². The van der Waals surface area contributed by atoms with Gasteiger partial charge in [-0.15, -0.1) is 11.3 Å². The molecule has 2 aromatic rings. The first kappa shape index (κ1) is 22.7. The predicted octanol–water partition coefficient (Wildman–Crippen LogP) is 4.71. The number of esters is 2. The van der Waals surface area contributed by atoms with Crippen molar-refractivity contribution in [3.8, 4) is 5.75 Å². The Morgan fingerprint density at radius 3 is 2.28 bits per heavy atom. The quantitative estimate of drug-likeness (QED) is 0.599. The molecular weight excluding hydrogens is 418 g/mol. The molecule has 29 heavy (non-hydrogen) atoms. The zero-order valence-electron chi connectivity index (χ0n) is 16.6. The summed E-state index contributed by atoms with van der Waals surface area (Å²) in [5, 5.41) is 3.17. The maximum absolute atomic E-state index is 12.7. The van der Waals surface area contributed by atoms with Crippen LogP contribution in [0.4, 0.5) is 5.00 Å². The van der Waals surface area contributed by atoms with Crippen molar-refractivity contribution in [2.24, 2.45) is 0 Å². The number of halogens is 1. The normalized spacial score (nSPS) is 10.4. The molecule has 0 atom stereocenters. The second-order valence-electron chi connectivity index (χ2n) is 5.73. The largest absolute Gasteiger partial charge is 0.492 e. The molecule has 1 aromatic carbocycles. The fourth-order valence-corrected chi connectivity index (χ4v) is 3.85. The van der Waals surface area contributed by atoms with Crippen LogP contribution in [-0.2, 0) is 9.47 Å². The first-order valence-electron chi connectivity index (χ1n) is 9.05. The van der Waals surface area contributed by atoms with Gasteiger partial charge in [0.15, 0.2) is 0 Å². The Balaban J connectivity index is 2.38. The number of ether oxygens (including phenoxy) is 3. The maximum atomic E-state index is 12.7. The maximum Gasteiger partial charge on any atom is 0.348 e. The van der Waals surface area contributed by atoms with Gasteiger partial charge in [0.05, 0.1) is 30.4 Å². The molecule has 0 saturated heterocycles. The Hall–Kier alpha value is -2.58. The third-order valence-corrected chi connectivity index (χ3v) is 5.29. The van der Waals surface area contributed by atoms with Crippen LogP contribution in [0, 0.1) is 6.92 Å². The van der Waals surface area contributed by atoms with Crippen molar-refractivity contribution in [1.82, 2.24) is 0 Å². The Kier molecular flexibility index (Phi) is 8.04. The summed E-state index contributed by atoms with van der Waals surface area (Å²) in [6.07, 6.45) is 0. The van der Waals surface area contributed by atoms with Gasteiger partial charge in [0.2, 0.25) is 0 Å². The molecule has 0 aliphatic rings. The molecule has 0 spiro atoms. The van der Waals surface area contributed by atoms with Gasteiger partial charge >= 0.3 is 11.9 Å². The SMILES string of the molecule is CCOC(=O)c1sc(NC(=O)c2ccc(OCC)c(Cl)c2)c(C(=O)OCC)c1C. The summed E-state index contributed by atoms with van der Waals surface area (Å²) in [5.41, 5.74) is 0.800. The van der Waals surface area contributed by atoms with Gasteiger partial charge in [-0.2, -0.15) is 0 Å². The van der Waals surface area contributed by atoms with Gasteiger partial charge in [-0.05, 0) is 51.5 Å². The molecule has 1 heterocycles. The molecule has 2 rings (SSSR count). The van der Waals surface area contributed by atoms with E-state index in [1.807, 2.05) is 6.92 Å². The summed E-state index contributed by atoms with van der Waals surface area (Å²) >= 11 is 7.11. The number of hydrogen-bond donors (Lipinski definition) is 1. The van der Waals surface area contributed by atoms with Crippen molar-refractivity contribution in [1.29, 1.82) is 0 Å². The van der Waals surface area contributed by atoms with E-state index in [-0.39, 0.29) is 34.2 Å². The van der Waals surface area contributed by atoms with Crippen molar-refractivity contribution >= 4 is 45.8 Å². The topological polar surface area (TPSA) is 90.9 Å². The minimum Gasteiger partial charge on any atom is -0.492 e. The minimum absolute atomic E-state index is 0.130. The lowest BCUT2D eigenvalue weighted by atomic mass is 10.1. The third kappa shape index (κ3) is 5.27. The number of rotatable bonds is 8.